The van der Waals surface area contributed by atoms with E-state index in [0.29, 0.717) is 6.04 Å². The molecule has 0 heterocycles. The second-order valence-electron chi connectivity index (χ2n) is 5.13. The largest absolute Gasteiger partial charge is 0.313 e. The second-order valence-corrected chi connectivity index (χ2v) is 7.04. The van der Waals surface area contributed by atoms with Crippen molar-refractivity contribution in [1.82, 2.24) is 5.32 Å². The Kier molecular flexibility index (Phi) is 6.81. The Labute approximate surface area is 140 Å². The van der Waals surface area contributed by atoms with Gasteiger partial charge < -0.3 is 5.32 Å². The van der Waals surface area contributed by atoms with Crippen LogP contribution in [0.15, 0.2) is 57.9 Å². The van der Waals surface area contributed by atoms with Gasteiger partial charge in [-0.25, -0.2) is 0 Å². The predicted molar refractivity (Wildman–Crippen MR) is 97.2 cm³/mol. The van der Waals surface area contributed by atoms with Gasteiger partial charge in [0.15, 0.2) is 0 Å². The Balaban J connectivity index is 1.99. The lowest BCUT2D eigenvalue weighted by Crippen LogP contribution is -2.33. The maximum Gasteiger partial charge on any atom is 0.0311 e. The van der Waals surface area contributed by atoms with Gasteiger partial charge >= 0.3 is 0 Å². The standard InChI is InChI=1S/C18H22BrNS/c1-3-20-16(12-15-9-5-4-8-14(15)2)13-21-18-11-7-6-10-17(18)19/h4-11,16,20H,3,12-13H2,1-2H3. The third kappa shape index (κ3) is 5.17. The zero-order chi connectivity index (χ0) is 15.1. The van der Waals surface area contributed by atoms with Crippen molar-refractivity contribution in [3.63, 3.8) is 0 Å². The van der Waals surface area contributed by atoms with Crippen LogP contribution in [0.1, 0.15) is 18.1 Å². The average Bonchev–Trinajstić information content (AvgIpc) is 2.48. The first-order chi connectivity index (χ1) is 10.2. The average molecular weight is 364 g/mol. The van der Waals surface area contributed by atoms with Crippen LogP contribution in [0.4, 0.5) is 0 Å². The molecule has 21 heavy (non-hydrogen) atoms. The van der Waals surface area contributed by atoms with Gasteiger partial charge in [0.1, 0.15) is 0 Å². The molecule has 0 bridgehead atoms. The first-order valence-corrected chi connectivity index (χ1v) is 9.13. The van der Waals surface area contributed by atoms with Crippen LogP contribution in [0.25, 0.3) is 0 Å². The van der Waals surface area contributed by atoms with E-state index in [1.165, 1.54) is 20.5 Å². The minimum absolute atomic E-state index is 0.494. The number of aryl methyl sites for hydroxylation is 1. The first-order valence-electron chi connectivity index (χ1n) is 7.36. The van der Waals surface area contributed by atoms with Crippen molar-refractivity contribution in [3.8, 4) is 0 Å². The Morgan fingerprint density at radius 3 is 2.52 bits per heavy atom. The fraction of sp³-hybridized carbons (Fsp3) is 0.333. The normalized spacial score (nSPS) is 12.3. The van der Waals surface area contributed by atoms with Crippen molar-refractivity contribution in [1.29, 1.82) is 0 Å². The Hall–Kier alpha value is -0.770. The number of nitrogens with one attached hydrogen (secondary N) is 1. The molecule has 1 nitrogen and oxygen atoms in total. The van der Waals surface area contributed by atoms with Gasteiger partial charge in [-0.15, -0.1) is 11.8 Å². The Morgan fingerprint density at radius 2 is 1.81 bits per heavy atom. The van der Waals surface area contributed by atoms with Gasteiger partial charge in [0.25, 0.3) is 0 Å². The highest BCUT2D eigenvalue weighted by Crippen LogP contribution is 2.28. The van der Waals surface area contributed by atoms with Crippen LogP contribution < -0.4 is 5.32 Å². The molecule has 0 aromatic heterocycles. The maximum absolute atomic E-state index is 3.62. The molecule has 1 unspecified atom stereocenters. The summed E-state index contributed by atoms with van der Waals surface area (Å²) in [5.74, 6) is 1.07. The van der Waals surface area contributed by atoms with Crippen molar-refractivity contribution in [2.24, 2.45) is 0 Å². The molecule has 0 saturated heterocycles. The van der Waals surface area contributed by atoms with Crippen molar-refractivity contribution in [3.05, 3.63) is 64.1 Å². The van der Waals surface area contributed by atoms with E-state index < -0.39 is 0 Å². The number of likely N-dealkylation sites (N-methyl/N-ethyl adjacent to an activating group) is 1. The summed E-state index contributed by atoms with van der Waals surface area (Å²) in [6.45, 7) is 5.38. The zero-order valence-electron chi connectivity index (χ0n) is 12.6. The molecule has 3 heteroatoms. The van der Waals surface area contributed by atoms with E-state index >= 15 is 0 Å². The third-order valence-electron chi connectivity index (χ3n) is 3.50. The number of hydrogen-bond acceptors (Lipinski definition) is 2. The molecule has 0 spiro atoms. The summed E-state index contributed by atoms with van der Waals surface area (Å²) in [6.07, 6.45) is 1.08. The number of rotatable bonds is 7. The van der Waals surface area contributed by atoms with Crippen molar-refractivity contribution in [2.45, 2.75) is 31.2 Å². The van der Waals surface area contributed by atoms with Crippen LogP contribution in [0.5, 0.6) is 0 Å². The lowest BCUT2D eigenvalue weighted by atomic mass is 10.0. The quantitative estimate of drug-likeness (QED) is 0.689. The Morgan fingerprint density at radius 1 is 1.10 bits per heavy atom. The molecule has 2 aromatic carbocycles. The number of thioether (sulfide) groups is 1. The molecule has 112 valence electrons. The van der Waals surface area contributed by atoms with Crippen LogP contribution in [0.2, 0.25) is 0 Å². The van der Waals surface area contributed by atoms with E-state index in [4.69, 9.17) is 0 Å². The second kappa shape index (κ2) is 8.62. The molecule has 2 aromatic rings. The summed E-state index contributed by atoms with van der Waals surface area (Å²) in [7, 11) is 0. The van der Waals surface area contributed by atoms with Gasteiger partial charge in [-0.1, -0.05) is 43.3 Å². The summed E-state index contributed by atoms with van der Waals surface area (Å²) >= 11 is 5.53. The van der Waals surface area contributed by atoms with E-state index in [-0.39, 0.29) is 0 Å². The van der Waals surface area contributed by atoms with Crippen LogP contribution in [-0.4, -0.2) is 18.3 Å². The molecule has 0 aliphatic rings. The molecule has 1 N–H and O–H groups in total. The topological polar surface area (TPSA) is 12.0 Å². The predicted octanol–water partition coefficient (Wildman–Crippen LogP) is 5.07. The van der Waals surface area contributed by atoms with E-state index in [1.54, 1.807) is 0 Å². The number of benzene rings is 2. The van der Waals surface area contributed by atoms with Crippen molar-refractivity contribution < 1.29 is 0 Å². The van der Waals surface area contributed by atoms with Gasteiger partial charge in [-0.3, -0.25) is 0 Å². The van der Waals surface area contributed by atoms with E-state index in [0.717, 1.165) is 18.7 Å². The maximum atomic E-state index is 3.62. The highest BCUT2D eigenvalue weighted by atomic mass is 79.9. The van der Waals surface area contributed by atoms with E-state index in [1.807, 2.05) is 11.8 Å². The summed E-state index contributed by atoms with van der Waals surface area (Å²) in [5.41, 5.74) is 2.82. The van der Waals surface area contributed by atoms with Gasteiger partial charge in [0.2, 0.25) is 0 Å². The van der Waals surface area contributed by atoms with Gasteiger partial charge in [-0.2, -0.15) is 0 Å². The molecular weight excluding hydrogens is 342 g/mol. The third-order valence-corrected chi connectivity index (χ3v) is 5.69. The fourth-order valence-electron chi connectivity index (χ4n) is 2.34. The SMILES string of the molecule is CCNC(CSc1ccccc1Br)Cc1ccccc1C. The minimum atomic E-state index is 0.494. The summed E-state index contributed by atoms with van der Waals surface area (Å²) < 4.78 is 1.18. The molecule has 0 aliphatic carbocycles. The lowest BCUT2D eigenvalue weighted by Gasteiger charge is -2.19. The molecule has 0 amide bonds. The van der Waals surface area contributed by atoms with Crippen LogP contribution in [0.3, 0.4) is 0 Å². The van der Waals surface area contributed by atoms with Gasteiger partial charge in [0.05, 0.1) is 0 Å². The van der Waals surface area contributed by atoms with Gasteiger partial charge in [-0.05, 0) is 59.1 Å². The van der Waals surface area contributed by atoms with Crippen LogP contribution in [0, 0.1) is 6.92 Å². The summed E-state index contributed by atoms with van der Waals surface area (Å²) in [6, 6.07) is 17.6. The molecule has 0 fully saturated rings. The van der Waals surface area contributed by atoms with E-state index in [9.17, 15) is 0 Å². The smallest absolute Gasteiger partial charge is 0.0311 e. The van der Waals surface area contributed by atoms with Crippen molar-refractivity contribution >= 4 is 27.7 Å². The van der Waals surface area contributed by atoms with Crippen LogP contribution in [-0.2, 0) is 6.42 Å². The highest BCUT2D eigenvalue weighted by Gasteiger charge is 2.11. The van der Waals surface area contributed by atoms with Crippen LogP contribution >= 0.6 is 27.7 Å². The summed E-state index contributed by atoms with van der Waals surface area (Å²) in [5, 5.41) is 3.61. The minimum Gasteiger partial charge on any atom is -0.313 e. The molecule has 0 saturated carbocycles. The van der Waals surface area contributed by atoms with Crippen molar-refractivity contribution in [2.75, 3.05) is 12.3 Å². The molecule has 0 radical (unpaired) electrons. The Bertz CT molecular complexity index is 571. The fourth-order valence-corrected chi connectivity index (χ4v) is 3.96. The first kappa shape index (κ1) is 16.6. The van der Waals surface area contributed by atoms with E-state index in [2.05, 4.69) is 83.6 Å². The number of hydrogen-bond donors (Lipinski definition) is 1. The molecule has 0 aliphatic heterocycles. The molecular formula is C18H22BrNS. The highest BCUT2D eigenvalue weighted by molar-refractivity contribution is 9.10. The molecule has 1 atom stereocenters. The lowest BCUT2D eigenvalue weighted by molar-refractivity contribution is 0.571. The summed E-state index contributed by atoms with van der Waals surface area (Å²) in [4.78, 5) is 1.31. The number of halogens is 1. The zero-order valence-corrected chi connectivity index (χ0v) is 15.0. The molecule has 2 rings (SSSR count). The van der Waals surface area contributed by atoms with Gasteiger partial charge in [0, 0.05) is 21.2 Å². The monoisotopic (exact) mass is 363 g/mol.